The van der Waals surface area contributed by atoms with Crippen LogP contribution in [0.3, 0.4) is 0 Å². The Labute approximate surface area is 129 Å². The molecule has 0 radical (unpaired) electrons. The Bertz CT molecular complexity index is 608. The molecule has 0 saturated heterocycles. The summed E-state index contributed by atoms with van der Waals surface area (Å²) < 4.78 is 10.4. The molecule has 2 aromatic rings. The third-order valence-corrected chi connectivity index (χ3v) is 3.21. The lowest BCUT2D eigenvalue weighted by Gasteiger charge is -2.20. The van der Waals surface area contributed by atoms with Crippen molar-refractivity contribution >= 4 is 6.09 Å². The van der Waals surface area contributed by atoms with E-state index in [-0.39, 0.29) is 5.75 Å². The normalized spacial score (nSPS) is 10.1. The third-order valence-electron chi connectivity index (χ3n) is 3.21. The zero-order valence-corrected chi connectivity index (χ0v) is 12.7. The molecule has 2 aromatic carbocycles. The van der Waals surface area contributed by atoms with Gasteiger partial charge < -0.3 is 19.5 Å². The van der Waals surface area contributed by atoms with E-state index >= 15 is 0 Å². The van der Waals surface area contributed by atoms with Gasteiger partial charge in [0.05, 0.1) is 7.11 Å². The molecule has 2 rings (SSSR count). The lowest BCUT2D eigenvalue weighted by atomic mass is 10.2. The SMILES string of the molecule is CCN(Cc1ccc(O)cc1)C(=O)Oc1ccc(OC)cc1. The van der Waals surface area contributed by atoms with E-state index in [1.807, 2.05) is 6.92 Å². The summed E-state index contributed by atoms with van der Waals surface area (Å²) in [7, 11) is 1.58. The molecule has 5 nitrogen and oxygen atoms in total. The number of phenolic OH excluding ortho intramolecular Hbond substituents is 1. The molecule has 0 spiro atoms. The molecule has 0 bridgehead atoms. The van der Waals surface area contributed by atoms with Crippen LogP contribution >= 0.6 is 0 Å². The molecule has 5 heteroatoms. The van der Waals surface area contributed by atoms with Crippen LogP contribution in [0.1, 0.15) is 12.5 Å². The fourth-order valence-electron chi connectivity index (χ4n) is 1.94. The van der Waals surface area contributed by atoms with E-state index < -0.39 is 6.09 Å². The molecule has 0 atom stereocenters. The summed E-state index contributed by atoms with van der Waals surface area (Å²) in [5.74, 6) is 1.37. The summed E-state index contributed by atoms with van der Waals surface area (Å²) in [6.07, 6.45) is -0.416. The highest BCUT2D eigenvalue weighted by atomic mass is 16.6. The molecule has 116 valence electrons. The lowest BCUT2D eigenvalue weighted by molar-refractivity contribution is 0.152. The van der Waals surface area contributed by atoms with Gasteiger partial charge in [0.2, 0.25) is 0 Å². The Balaban J connectivity index is 1.99. The smallest absolute Gasteiger partial charge is 0.415 e. The van der Waals surface area contributed by atoms with Gasteiger partial charge in [-0.2, -0.15) is 0 Å². The van der Waals surface area contributed by atoms with E-state index in [0.29, 0.717) is 24.6 Å². The molecule has 0 aliphatic heterocycles. The molecule has 0 fully saturated rings. The van der Waals surface area contributed by atoms with Crippen LogP contribution in [-0.4, -0.2) is 29.8 Å². The van der Waals surface area contributed by atoms with Gasteiger partial charge in [-0.25, -0.2) is 4.79 Å². The van der Waals surface area contributed by atoms with Crippen molar-refractivity contribution in [3.8, 4) is 17.2 Å². The molecule has 22 heavy (non-hydrogen) atoms. The first-order chi connectivity index (χ1) is 10.6. The van der Waals surface area contributed by atoms with Crippen LogP contribution in [0.2, 0.25) is 0 Å². The summed E-state index contributed by atoms with van der Waals surface area (Å²) in [4.78, 5) is 13.8. The first-order valence-corrected chi connectivity index (χ1v) is 7.01. The number of phenols is 1. The van der Waals surface area contributed by atoms with Crippen molar-refractivity contribution < 1.29 is 19.4 Å². The first kappa shape index (κ1) is 15.7. The zero-order chi connectivity index (χ0) is 15.9. The van der Waals surface area contributed by atoms with Gasteiger partial charge in [-0.05, 0) is 48.9 Å². The summed E-state index contributed by atoms with van der Waals surface area (Å²) in [6.45, 7) is 2.83. The number of benzene rings is 2. The topological polar surface area (TPSA) is 59.0 Å². The van der Waals surface area contributed by atoms with Gasteiger partial charge in [0.15, 0.2) is 0 Å². The maximum atomic E-state index is 12.2. The van der Waals surface area contributed by atoms with Crippen molar-refractivity contribution in [3.63, 3.8) is 0 Å². The summed E-state index contributed by atoms with van der Waals surface area (Å²) >= 11 is 0. The summed E-state index contributed by atoms with van der Waals surface area (Å²) in [5, 5.41) is 9.28. The third kappa shape index (κ3) is 4.15. The maximum absolute atomic E-state index is 12.2. The summed E-state index contributed by atoms with van der Waals surface area (Å²) in [5.41, 5.74) is 0.923. The number of hydrogen-bond acceptors (Lipinski definition) is 4. The van der Waals surface area contributed by atoms with E-state index in [1.165, 1.54) is 0 Å². The van der Waals surface area contributed by atoms with Gasteiger partial charge in [-0.1, -0.05) is 12.1 Å². The van der Waals surface area contributed by atoms with Gasteiger partial charge in [0.25, 0.3) is 0 Å². The number of methoxy groups -OCH3 is 1. The molecular weight excluding hydrogens is 282 g/mol. The van der Waals surface area contributed by atoms with Crippen molar-refractivity contribution in [2.75, 3.05) is 13.7 Å². The first-order valence-electron chi connectivity index (χ1n) is 7.01. The van der Waals surface area contributed by atoms with Crippen LogP contribution < -0.4 is 9.47 Å². The Morgan fingerprint density at radius 3 is 2.18 bits per heavy atom. The van der Waals surface area contributed by atoms with Crippen LogP contribution in [0.25, 0.3) is 0 Å². The molecule has 0 heterocycles. The number of aromatic hydroxyl groups is 1. The van der Waals surface area contributed by atoms with Gasteiger partial charge in [-0.3, -0.25) is 0 Å². The van der Waals surface area contributed by atoms with Crippen LogP contribution in [0.15, 0.2) is 48.5 Å². The highest BCUT2D eigenvalue weighted by Crippen LogP contribution is 2.18. The number of ether oxygens (including phenoxy) is 2. The number of amides is 1. The highest BCUT2D eigenvalue weighted by molar-refractivity contribution is 5.70. The molecule has 0 aliphatic rings. The van der Waals surface area contributed by atoms with E-state index in [2.05, 4.69) is 0 Å². The molecule has 0 aromatic heterocycles. The van der Waals surface area contributed by atoms with Gasteiger partial charge in [-0.15, -0.1) is 0 Å². The number of nitrogens with zero attached hydrogens (tertiary/aromatic N) is 1. The Hall–Kier alpha value is -2.69. The van der Waals surface area contributed by atoms with Crippen LogP contribution in [-0.2, 0) is 6.54 Å². The highest BCUT2D eigenvalue weighted by Gasteiger charge is 2.14. The molecule has 0 unspecified atom stereocenters. The van der Waals surface area contributed by atoms with Crippen molar-refractivity contribution in [1.29, 1.82) is 0 Å². The van der Waals surface area contributed by atoms with Crippen LogP contribution in [0, 0.1) is 0 Å². The number of carbonyl (C=O) groups excluding carboxylic acids is 1. The molecule has 0 saturated carbocycles. The lowest BCUT2D eigenvalue weighted by Crippen LogP contribution is -2.32. The van der Waals surface area contributed by atoms with Gasteiger partial charge in [0, 0.05) is 13.1 Å². The van der Waals surface area contributed by atoms with E-state index in [9.17, 15) is 9.90 Å². The van der Waals surface area contributed by atoms with Crippen molar-refractivity contribution in [2.45, 2.75) is 13.5 Å². The summed E-state index contributed by atoms with van der Waals surface area (Å²) in [6, 6.07) is 13.6. The molecular formula is C17H19NO4. The second-order valence-electron chi connectivity index (χ2n) is 4.72. The maximum Gasteiger partial charge on any atom is 0.415 e. The quantitative estimate of drug-likeness (QED) is 0.919. The monoisotopic (exact) mass is 301 g/mol. The predicted molar refractivity (Wildman–Crippen MR) is 83.2 cm³/mol. The second kappa shape index (κ2) is 7.36. The fraction of sp³-hybridized carbons (Fsp3) is 0.235. The van der Waals surface area contributed by atoms with Crippen LogP contribution in [0.4, 0.5) is 4.79 Å². The van der Waals surface area contributed by atoms with Gasteiger partial charge >= 0.3 is 6.09 Å². The molecule has 0 aliphatic carbocycles. The minimum absolute atomic E-state index is 0.201. The van der Waals surface area contributed by atoms with Crippen molar-refractivity contribution in [2.24, 2.45) is 0 Å². The largest absolute Gasteiger partial charge is 0.508 e. The van der Waals surface area contributed by atoms with E-state index in [0.717, 1.165) is 5.56 Å². The average Bonchev–Trinajstić information content (AvgIpc) is 2.55. The predicted octanol–water partition coefficient (Wildman–Crippen LogP) is 3.42. The second-order valence-corrected chi connectivity index (χ2v) is 4.72. The van der Waals surface area contributed by atoms with E-state index in [4.69, 9.17) is 9.47 Å². The number of rotatable bonds is 5. The minimum Gasteiger partial charge on any atom is -0.508 e. The Kier molecular flexibility index (Phi) is 5.25. The molecule has 1 N–H and O–H groups in total. The zero-order valence-electron chi connectivity index (χ0n) is 12.7. The average molecular weight is 301 g/mol. The van der Waals surface area contributed by atoms with E-state index in [1.54, 1.807) is 60.5 Å². The minimum atomic E-state index is -0.416. The standard InChI is InChI=1S/C17H19NO4/c1-3-18(12-13-4-6-14(19)7-5-13)17(20)22-16-10-8-15(21-2)9-11-16/h4-11,19H,3,12H2,1-2H3. The fourth-order valence-corrected chi connectivity index (χ4v) is 1.94. The van der Waals surface area contributed by atoms with Crippen molar-refractivity contribution in [3.05, 3.63) is 54.1 Å². The number of carbonyl (C=O) groups is 1. The van der Waals surface area contributed by atoms with Crippen molar-refractivity contribution in [1.82, 2.24) is 4.90 Å². The Morgan fingerprint density at radius 2 is 1.64 bits per heavy atom. The molecule has 1 amide bonds. The Morgan fingerprint density at radius 1 is 1.05 bits per heavy atom. The van der Waals surface area contributed by atoms with Crippen LogP contribution in [0.5, 0.6) is 17.2 Å². The number of hydrogen-bond donors (Lipinski definition) is 1. The van der Waals surface area contributed by atoms with Gasteiger partial charge in [0.1, 0.15) is 17.2 Å².